The van der Waals surface area contributed by atoms with E-state index in [9.17, 15) is 24.0 Å². The van der Waals surface area contributed by atoms with Gasteiger partial charge < -0.3 is 31.4 Å². The number of nitrogens with one attached hydrogen (secondary N) is 2. The third-order valence-electron chi connectivity index (χ3n) is 6.67. The molecule has 0 saturated carbocycles. The Kier molecular flexibility index (Phi) is 8.37. The summed E-state index contributed by atoms with van der Waals surface area (Å²) in [6.07, 6.45) is 0.998. The van der Waals surface area contributed by atoms with Crippen molar-refractivity contribution in [1.29, 1.82) is 0 Å². The number of carbonyl (C=O) groups excluding carboxylic acids is 4. The highest BCUT2D eigenvalue weighted by Gasteiger charge is 2.39. The van der Waals surface area contributed by atoms with Crippen molar-refractivity contribution in [1.82, 2.24) is 15.5 Å². The molecular formula is C26H35N5O6. The molecule has 1 aliphatic heterocycles. The minimum Gasteiger partial charge on any atom is -0.422 e. The summed E-state index contributed by atoms with van der Waals surface area (Å²) in [7, 11) is 0. The summed E-state index contributed by atoms with van der Waals surface area (Å²) in [6, 6.07) is 1.36. The third-order valence-corrected chi connectivity index (χ3v) is 6.67. The van der Waals surface area contributed by atoms with Crippen LogP contribution in [0, 0.1) is 12.8 Å². The van der Waals surface area contributed by atoms with Crippen molar-refractivity contribution >= 4 is 40.2 Å². The van der Waals surface area contributed by atoms with Crippen LogP contribution in [-0.4, -0.2) is 59.1 Å². The van der Waals surface area contributed by atoms with Crippen LogP contribution in [0.15, 0.2) is 27.4 Å². The Balaban J connectivity index is 1.83. The van der Waals surface area contributed by atoms with Gasteiger partial charge in [0.15, 0.2) is 5.78 Å². The second-order valence-corrected chi connectivity index (χ2v) is 9.95. The minimum absolute atomic E-state index is 0.136. The number of aryl methyl sites for hydroxylation is 1. The fourth-order valence-corrected chi connectivity index (χ4v) is 4.56. The molecule has 1 saturated heterocycles. The van der Waals surface area contributed by atoms with Crippen LogP contribution in [0.4, 0.5) is 5.69 Å². The van der Waals surface area contributed by atoms with Crippen molar-refractivity contribution in [3.05, 3.63) is 39.7 Å². The summed E-state index contributed by atoms with van der Waals surface area (Å²) in [6.45, 7) is 8.54. The lowest BCUT2D eigenvalue weighted by Crippen LogP contribution is -2.56. The van der Waals surface area contributed by atoms with E-state index in [0.29, 0.717) is 36.0 Å². The van der Waals surface area contributed by atoms with Gasteiger partial charge in [0.2, 0.25) is 17.7 Å². The topological polar surface area (TPSA) is 178 Å². The van der Waals surface area contributed by atoms with Crippen LogP contribution >= 0.6 is 0 Å². The van der Waals surface area contributed by atoms with E-state index in [1.807, 2.05) is 0 Å². The van der Waals surface area contributed by atoms with Gasteiger partial charge in [0.25, 0.3) is 0 Å². The Morgan fingerprint density at radius 2 is 1.78 bits per heavy atom. The molecule has 1 aliphatic rings. The molecule has 0 unspecified atom stereocenters. The van der Waals surface area contributed by atoms with E-state index >= 15 is 0 Å². The molecule has 200 valence electrons. The van der Waals surface area contributed by atoms with Gasteiger partial charge in [-0.25, -0.2) is 4.79 Å². The van der Waals surface area contributed by atoms with Gasteiger partial charge in [0.1, 0.15) is 23.2 Å². The fraction of sp³-hybridized carbons (Fsp3) is 0.500. The molecule has 2 aromatic rings. The number of hydrogen-bond donors (Lipinski definition) is 4. The summed E-state index contributed by atoms with van der Waals surface area (Å²) < 4.78 is 5.37. The van der Waals surface area contributed by atoms with Crippen LogP contribution in [0.25, 0.3) is 11.0 Å². The number of benzene rings is 1. The Hall–Kier alpha value is -3.73. The first-order chi connectivity index (χ1) is 17.3. The number of amides is 3. The van der Waals surface area contributed by atoms with E-state index in [0.717, 1.165) is 0 Å². The molecule has 0 bridgehead atoms. The maximum absolute atomic E-state index is 13.6. The summed E-state index contributed by atoms with van der Waals surface area (Å²) in [4.78, 5) is 66.0. The molecule has 1 fully saturated rings. The van der Waals surface area contributed by atoms with Crippen molar-refractivity contribution in [2.75, 3.05) is 12.3 Å². The first-order valence-electron chi connectivity index (χ1n) is 12.4. The number of likely N-dealkylation sites (tertiary alicyclic amines) is 1. The van der Waals surface area contributed by atoms with Crippen LogP contribution in [0.3, 0.4) is 0 Å². The van der Waals surface area contributed by atoms with Crippen LogP contribution in [0.2, 0.25) is 0 Å². The Bertz CT molecular complexity index is 1280. The number of nitrogen functional groups attached to an aromatic ring is 1. The first-order valence-corrected chi connectivity index (χ1v) is 12.4. The molecule has 0 radical (unpaired) electrons. The van der Waals surface area contributed by atoms with E-state index in [1.54, 1.807) is 32.9 Å². The molecule has 37 heavy (non-hydrogen) atoms. The van der Waals surface area contributed by atoms with E-state index in [-0.39, 0.29) is 17.1 Å². The molecule has 4 atom stereocenters. The quantitative estimate of drug-likeness (QED) is 0.228. The zero-order chi connectivity index (χ0) is 27.6. The van der Waals surface area contributed by atoms with Crippen LogP contribution in [-0.2, 0) is 14.4 Å². The molecule has 1 aromatic carbocycles. The number of carbonyl (C=O) groups is 4. The Morgan fingerprint density at radius 1 is 1.11 bits per heavy atom. The smallest absolute Gasteiger partial charge is 0.347 e. The van der Waals surface area contributed by atoms with Crippen LogP contribution < -0.4 is 27.7 Å². The summed E-state index contributed by atoms with van der Waals surface area (Å²) in [5.41, 5.74) is 11.5. The highest BCUT2D eigenvalue weighted by atomic mass is 16.4. The van der Waals surface area contributed by atoms with Crippen molar-refractivity contribution in [2.45, 2.75) is 71.6 Å². The number of rotatable bonds is 8. The van der Waals surface area contributed by atoms with Crippen molar-refractivity contribution < 1.29 is 23.6 Å². The highest BCUT2D eigenvalue weighted by molar-refractivity contribution is 6.06. The van der Waals surface area contributed by atoms with Crippen molar-refractivity contribution in [3.8, 4) is 0 Å². The van der Waals surface area contributed by atoms with E-state index in [4.69, 9.17) is 15.9 Å². The summed E-state index contributed by atoms with van der Waals surface area (Å²) in [5.74, 6) is -2.31. The maximum Gasteiger partial charge on any atom is 0.347 e. The average Bonchev–Trinajstić information content (AvgIpc) is 3.31. The maximum atomic E-state index is 13.6. The minimum atomic E-state index is -1.02. The van der Waals surface area contributed by atoms with E-state index in [2.05, 4.69) is 10.6 Å². The third kappa shape index (κ3) is 5.82. The molecule has 2 heterocycles. The lowest BCUT2D eigenvalue weighted by molar-refractivity contribution is -0.141. The second kappa shape index (κ2) is 11.1. The number of nitrogens with zero attached hydrogens (tertiary/aromatic N) is 1. The van der Waals surface area contributed by atoms with Gasteiger partial charge in [-0.15, -0.1) is 0 Å². The Morgan fingerprint density at radius 3 is 2.41 bits per heavy atom. The number of anilines is 1. The predicted octanol–water partition coefficient (Wildman–Crippen LogP) is 0.850. The zero-order valence-electron chi connectivity index (χ0n) is 21.8. The van der Waals surface area contributed by atoms with E-state index in [1.165, 1.54) is 24.8 Å². The molecular weight excluding hydrogens is 478 g/mol. The molecule has 6 N–H and O–H groups in total. The Labute approximate surface area is 214 Å². The van der Waals surface area contributed by atoms with Gasteiger partial charge in [0, 0.05) is 23.7 Å². The van der Waals surface area contributed by atoms with Gasteiger partial charge in [0.05, 0.1) is 12.1 Å². The molecule has 3 rings (SSSR count). The number of Topliss-reactive ketones (excluding diaryl/α,β-unsaturated/α-hetero) is 1. The average molecular weight is 514 g/mol. The standard InChI is InChI=1S/C26H35N5O6/c1-12(2)21(22(32)20-13(3)17-9-8-16(28)11-19(17)37-26(20)36)30-24(34)18-7-6-10-31(18)25(35)15(5)29-23(33)14(4)27/h8-9,11-12,14-15,18,21H,6-7,10,27-28H2,1-5H3,(H,29,33)(H,30,34)/t14-,15-,18-,21-/m0/s1. The van der Waals surface area contributed by atoms with Gasteiger partial charge in [-0.2, -0.15) is 0 Å². The normalized spacial score (nSPS) is 17.9. The highest BCUT2D eigenvalue weighted by Crippen LogP contribution is 2.24. The lowest BCUT2D eigenvalue weighted by Gasteiger charge is -2.29. The number of fused-ring (bicyclic) bond motifs is 1. The zero-order valence-corrected chi connectivity index (χ0v) is 21.8. The largest absolute Gasteiger partial charge is 0.422 e. The second-order valence-electron chi connectivity index (χ2n) is 9.95. The SMILES string of the molecule is Cc1c(C(=O)[C@@H](NC(=O)[C@@H]2CCCN2C(=O)[C@H](C)NC(=O)[C@H](C)N)C(C)C)c(=O)oc2cc(N)ccc12. The predicted molar refractivity (Wildman–Crippen MR) is 139 cm³/mol. The monoisotopic (exact) mass is 513 g/mol. The van der Waals surface area contributed by atoms with E-state index < -0.39 is 53.3 Å². The fourth-order valence-electron chi connectivity index (χ4n) is 4.56. The van der Waals surface area contributed by atoms with Crippen molar-refractivity contribution in [3.63, 3.8) is 0 Å². The molecule has 3 amide bonds. The molecule has 0 aliphatic carbocycles. The molecule has 0 spiro atoms. The van der Waals surface area contributed by atoms with Gasteiger partial charge in [-0.1, -0.05) is 13.8 Å². The van der Waals surface area contributed by atoms with Crippen molar-refractivity contribution in [2.24, 2.45) is 11.7 Å². The summed E-state index contributed by atoms with van der Waals surface area (Å²) in [5, 5.41) is 5.88. The molecule has 11 nitrogen and oxygen atoms in total. The van der Waals surface area contributed by atoms with Gasteiger partial charge in [-0.05, 0) is 57.2 Å². The number of ketones is 1. The summed E-state index contributed by atoms with van der Waals surface area (Å²) >= 11 is 0. The van der Waals surface area contributed by atoms with Gasteiger partial charge >= 0.3 is 5.63 Å². The van der Waals surface area contributed by atoms with Gasteiger partial charge in [-0.3, -0.25) is 19.2 Å². The number of hydrogen-bond acceptors (Lipinski definition) is 8. The molecule has 11 heteroatoms. The van der Waals surface area contributed by atoms with Crippen LogP contribution in [0.1, 0.15) is 56.5 Å². The first kappa shape index (κ1) is 27.9. The lowest BCUT2D eigenvalue weighted by atomic mass is 9.92. The molecule has 1 aromatic heterocycles. The number of nitrogens with two attached hydrogens (primary N) is 2. The van der Waals surface area contributed by atoms with Crippen LogP contribution in [0.5, 0.6) is 0 Å².